The molecule has 7 heteroatoms. The summed E-state index contributed by atoms with van der Waals surface area (Å²) in [4.78, 5) is 8.72. The summed E-state index contributed by atoms with van der Waals surface area (Å²) in [6, 6.07) is 14.1. The monoisotopic (exact) mass is 443 g/mol. The highest BCUT2D eigenvalue weighted by Crippen LogP contribution is 2.39. The second-order valence-electron chi connectivity index (χ2n) is 6.64. The molecule has 1 atom stereocenters. The third-order valence-corrected chi connectivity index (χ3v) is 5.46. The van der Waals surface area contributed by atoms with Crippen LogP contribution in [0.25, 0.3) is 10.9 Å². The maximum atomic E-state index is 11.0. The fourth-order valence-electron chi connectivity index (χ4n) is 3.27. The molecule has 0 aliphatic rings. The van der Waals surface area contributed by atoms with Crippen LogP contribution in [0, 0.1) is 6.92 Å². The van der Waals surface area contributed by atoms with Gasteiger partial charge in [0.15, 0.2) is 0 Å². The summed E-state index contributed by atoms with van der Waals surface area (Å²) in [5, 5.41) is 16.8. The Morgan fingerprint density at radius 2 is 1.72 bits per heavy atom. The molecule has 2 aromatic carbocycles. The molecule has 4 rings (SSSR count). The summed E-state index contributed by atoms with van der Waals surface area (Å²) in [5.74, 6) is 0.712. The maximum Gasteiger partial charge on any atom is 0.147 e. The number of aryl methyl sites for hydroxylation is 1. The van der Waals surface area contributed by atoms with Crippen LogP contribution in [0.2, 0.25) is 15.1 Å². The molecular formula is C22H16Cl3N3O. The summed E-state index contributed by atoms with van der Waals surface area (Å²) in [7, 11) is 0. The lowest BCUT2D eigenvalue weighted by atomic mass is 9.96. The molecular weight excluding hydrogens is 429 g/mol. The van der Waals surface area contributed by atoms with Crippen molar-refractivity contribution in [1.29, 1.82) is 0 Å². The lowest BCUT2D eigenvalue weighted by molar-refractivity contribution is 0.471. The zero-order valence-electron chi connectivity index (χ0n) is 15.3. The molecule has 0 radical (unpaired) electrons. The number of hydrogen-bond donors (Lipinski definition) is 2. The van der Waals surface area contributed by atoms with Crippen molar-refractivity contribution in [3.63, 3.8) is 0 Å². The van der Waals surface area contributed by atoms with Crippen LogP contribution < -0.4 is 5.32 Å². The van der Waals surface area contributed by atoms with Crippen LogP contribution >= 0.6 is 34.8 Å². The zero-order chi connectivity index (χ0) is 20.5. The second-order valence-corrected chi connectivity index (χ2v) is 7.92. The van der Waals surface area contributed by atoms with Crippen molar-refractivity contribution < 1.29 is 5.11 Å². The summed E-state index contributed by atoms with van der Waals surface area (Å²) >= 11 is 18.6. The molecule has 4 nitrogen and oxygen atoms in total. The van der Waals surface area contributed by atoms with Gasteiger partial charge in [-0.3, -0.25) is 4.98 Å². The first-order chi connectivity index (χ1) is 13.9. The van der Waals surface area contributed by atoms with Crippen molar-refractivity contribution in [3.8, 4) is 5.75 Å². The van der Waals surface area contributed by atoms with Gasteiger partial charge >= 0.3 is 0 Å². The number of fused-ring (bicyclic) bond motifs is 1. The van der Waals surface area contributed by atoms with Gasteiger partial charge in [-0.25, -0.2) is 4.98 Å². The predicted molar refractivity (Wildman–Crippen MR) is 119 cm³/mol. The van der Waals surface area contributed by atoms with Gasteiger partial charge in [0.05, 0.1) is 11.1 Å². The summed E-state index contributed by atoms with van der Waals surface area (Å²) in [6.07, 6.45) is 3.22. The molecule has 2 N–H and O–H groups in total. The Morgan fingerprint density at radius 3 is 2.48 bits per heavy atom. The number of benzene rings is 2. The van der Waals surface area contributed by atoms with E-state index in [0.717, 1.165) is 16.5 Å². The van der Waals surface area contributed by atoms with Crippen molar-refractivity contribution in [2.24, 2.45) is 0 Å². The Labute approximate surface area is 183 Å². The van der Waals surface area contributed by atoms with Crippen LogP contribution in [0.5, 0.6) is 5.75 Å². The fraction of sp³-hybridized carbons (Fsp3) is 0.0909. The number of nitrogens with zero attached hydrogens (tertiary/aromatic N) is 2. The lowest BCUT2D eigenvalue weighted by Gasteiger charge is -2.24. The molecule has 1 unspecified atom stereocenters. The van der Waals surface area contributed by atoms with E-state index in [1.54, 1.807) is 24.5 Å². The number of phenols is 1. The normalized spacial score (nSPS) is 12.1. The van der Waals surface area contributed by atoms with E-state index in [1.165, 1.54) is 0 Å². The van der Waals surface area contributed by atoms with Crippen LogP contribution in [-0.2, 0) is 0 Å². The van der Waals surface area contributed by atoms with Crippen LogP contribution in [0.4, 0.5) is 5.82 Å². The SMILES string of the molecule is Cc1cc(Cl)cnc1NC(c1ccc(Cl)cc1Cl)c1ccc2cccnc2c1O. The molecule has 0 fully saturated rings. The van der Waals surface area contributed by atoms with Crippen molar-refractivity contribution >= 4 is 51.5 Å². The van der Waals surface area contributed by atoms with Gasteiger partial charge in [-0.1, -0.05) is 59.1 Å². The molecule has 29 heavy (non-hydrogen) atoms. The molecule has 0 amide bonds. The number of rotatable bonds is 4. The van der Waals surface area contributed by atoms with Gasteiger partial charge in [-0.15, -0.1) is 0 Å². The van der Waals surface area contributed by atoms with E-state index in [-0.39, 0.29) is 5.75 Å². The van der Waals surface area contributed by atoms with Crippen molar-refractivity contribution in [1.82, 2.24) is 9.97 Å². The number of pyridine rings is 2. The van der Waals surface area contributed by atoms with Crippen molar-refractivity contribution in [2.75, 3.05) is 5.32 Å². The van der Waals surface area contributed by atoms with Crippen molar-refractivity contribution in [3.05, 3.63) is 92.7 Å². The number of hydrogen-bond acceptors (Lipinski definition) is 4. The quantitative estimate of drug-likeness (QED) is 0.363. The Balaban J connectivity index is 1.89. The number of halogens is 3. The number of nitrogens with one attached hydrogen (secondary N) is 1. The largest absolute Gasteiger partial charge is 0.505 e. The lowest BCUT2D eigenvalue weighted by Crippen LogP contribution is -2.15. The molecule has 0 saturated heterocycles. The van der Waals surface area contributed by atoms with Gasteiger partial charge in [0.25, 0.3) is 0 Å². The van der Waals surface area contributed by atoms with E-state index in [9.17, 15) is 5.11 Å². The van der Waals surface area contributed by atoms with E-state index in [2.05, 4.69) is 15.3 Å². The van der Waals surface area contributed by atoms with Crippen LogP contribution in [0.1, 0.15) is 22.7 Å². The smallest absolute Gasteiger partial charge is 0.147 e. The van der Waals surface area contributed by atoms with Gasteiger partial charge < -0.3 is 10.4 Å². The predicted octanol–water partition coefficient (Wildman–Crippen LogP) is 6.81. The van der Waals surface area contributed by atoms with E-state index >= 15 is 0 Å². The Kier molecular flexibility index (Phi) is 5.50. The van der Waals surface area contributed by atoms with Crippen LogP contribution in [-0.4, -0.2) is 15.1 Å². The van der Waals surface area contributed by atoms with E-state index < -0.39 is 6.04 Å². The third-order valence-electron chi connectivity index (χ3n) is 4.69. The third kappa shape index (κ3) is 3.97. The minimum absolute atomic E-state index is 0.0817. The van der Waals surface area contributed by atoms with E-state index in [1.807, 2.05) is 43.3 Å². The first-order valence-electron chi connectivity index (χ1n) is 8.84. The van der Waals surface area contributed by atoms with Gasteiger partial charge in [-0.05, 0) is 42.3 Å². The van der Waals surface area contributed by atoms with Gasteiger partial charge in [-0.2, -0.15) is 0 Å². The Hall–Kier alpha value is -2.53. The van der Waals surface area contributed by atoms with Crippen LogP contribution in [0.3, 0.4) is 0 Å². The summed E-state index contributed by atoms with van der Waals surface area (Å²) in [6.45, 7) is 1.91. The summed E-state index contributed by atoms with van der Waals surface area (Å²) < 4.78 is 0. The number of aromatic hydroxyl groups is 1. The molecule has 4 aromatic rings. The minimum atomic E-state index is -0.487. The zero-order valence-corrected chi connectivity index (χ0v) is 17.6. The first-order valence-corrected chi connectivity index (χ1v) is 9.97. The van der Waals surface area contributed by atoms with Gasteiger partial charge in [0.2, 0.25) is 0 Å². The molecule has 0 bridgehead atoms. The maximum absolute atomic E-state index is 11.0. The van der Waals surface area contributed by atoms with Gasteiger partial charge in [0, 0.05) is 33.4 Å². The van der Waals surface area contributed by atoms with E-state index in [0.29, 0.717) is 32.0 Å². The average molecular weight is 445 g/mol. The van der Waals surface area contributed by atoms with Crippen LogP contribution in [0.15, 0.2) is 60.9 Å². The molecule has 146 valence electrons. The molecule has 2 heterocycles. The number of anilines is 1. The number of phenolic OH excluding ortho intramolecular Hbond substituents is 1. The highest BCUT2D eigenvalue weighted by Gasteiger charge is 2.23. The molecule has 0 saturated carbocycles. The summed E-state index contributed by atoms with van der Waals surface area (Å²) in [5.41, 5.74) is 2.75. The average Bonchev–Trinajstić information content (AvgIpc) is 2.69. The topological polar surface area (TPSA) is 58.0 Å². The highest BCUT2D eigenvalue weighted by molar-refractivity contribution is 6.35. The van der Waals surface area contributed by atoms with E-state index in [4.69, 9.17) is 34.8 Å². The van der Waals surface area contributed by atoms with Crippen molar-refractivity contribution in [2.45, 2.75) is 13.0 Å². The first kappa shape index (κ1) is 19.8. The minimum Gasteiger partial charge on any atom is -0.505 e. The molecule has 0 aliphatic heterocycles. The molecule has 2 aromatic heterocycles. The Morgan fingerprint density at radius 1 is 0.931 bits per heavy atom. The second kappa shape index (κ2) is 8.07. The Bertz CT molecular complexity index is 1210. The highest BCUT2D eigenvalue weighted by atomic mass is 35.5. The standard InChI is InChI=1S/C22H16Cl3N3O/c1-12-9-15(24)11-27-22(12)28-20(16-7-5-14(23)10-18(16)25)17-6-4-13-3-2-8-26-19(13)21(17)29/h2-11,20,29H,1H3,(H,27,28). The fourth-order valence-corrected chi connectivity index (χ4v) is 4.00. The molecule has 0 spiro atoms. The van der Waals surface area contributed by atoms with Gasteiger partial charge in [0.1, 0.15) is 17.1 Å². The molecule has 0 aliphatic carbocycles. The number of aromatic nitrogens is 2.